The van der Waals surface area contributed by atoms with Crippen molar-refractivity contribution < 1.29 is 14.3 Å². The van der Waals surface area contributed by atoms with Crippen molar-refractivity contribution in [3.05, 3.63) is 110 Å². The Kier molecular flexibility index (Phi) is 6.00. The summed E-state index contributed by atoms with van der Waals surface area (Å²) in [6, 6.07) is 17.0. The number of carbonyl (C=O) groups is 1. The minimum atomic E-state index is -0.512. The van der Waals surface area contributed by atoms with Crippen molar-refractivity contribution in [1.82, 2.24) is 15.3 Å². The van der Waals surface area contributed by atoms with Crippen LogP contribution in [0.5, 0.6) is 0 Å². The van der Waals surface area contributed by atoms with Gasteiger partial charge in [0.25, 0.3) is 11.5 Å². The number of hydrogen-bond donors (Lipinski definition) is 3. The van der Waals surface area contributed by atoms with Crippen LogP contribution in [0.1, 0.15) is 27.2 Å². The number of aromatic amines is 1. The van der Waals surface area contributed by atoms with Gasteiger partial charge in [0.05, 0.1) is 11.0 Å². The fourth-order valence-electron chi connectivity index (χ4n) is 3.06. The molecular weight excluding hydrogens is 433 g/mol. The summed E-state index contributed by atoms with van der Waals surface area (Å²) in [4.78, 5) is 31.9. The SMILES string of the molecule is O=C(NCc1ccc(F)cc1)c1ccc2nc(C=C(O)c3ccc(Cl)cc3)c(=O)[nH]c2c1. The molecule has 0 aliphatic rings. The molecule has 1 aromatic heterocycles. The van der Waals surface area contributed by atoms with Gasteiger partial charge in [-0.15, -0.1) is 0 Å². The van der Waals surface area contributed by atoms with E-state index < -0.39 is 5.56 Å². The third kappa shape index (κ3) is 4.84. The highest BCUT2D eigenvalue weighted by molar-refractivity contribution is 6.30. The summed E-state index contributed by atoms with van der Waals surface area (Å²) < 4.78 is 13.0. The lowest BCUT2D eigenvalue weighted by Crippen LogP contribution is -2.23. The normalized spacial score (nSPS) is 11.5. The lowest BCUT2D eigenvalue weighted by molar-refractivity contribution is 0.0951. The second-order valence-corrected chi connectivity index (χ2v) is 7.47. The Morgan fingerprint density at radius 2 is 1.75 bits per heavy atom. The number of benzene rings is 3. The van der Waals surface area contributed by atoms with Crippen molar-refractivity contribution in [2.24, 2.45) is 0 Å². The van der Waals surface area contributed by atoms with Gasteiger partial charge in [-0.05, 0) is 60.2 Å². The van der Waals surface area contributed by atoms with Crippen LogP contribution in [0.25, 0.3) is 22.9 Å². The molecule has 32 heavy (non-hydrogen) atoms. The minimum Gasteiger partial charge on any atom is -0.507 e. The lowest BCUT2D eigenvalue weighted by Gasteiger charge is -2.07. The first-order valence-corrected chi connectivity index (χ1v) is 10.0. The van der Waals surface area contributed by atoms with E-state index in [0.717, 1.165) is 5.56 Å². The molecule has 0 saturated heterocycles. The van der Waals surface area contributed by atoms with E-state index in [4.69, 9.17) is 11.6 Å². The number of aliphatic hydroxyl groups excluding tert-OH is 1. The van der Waals surface area contributed by atoms with Gasteiger partial charge in [0.2, 0.25) is 0 Å². The number of amides is 1. The number of hydrogen-bond acceptors (Lipinski definition) is 4. The van der Waals surface area contributed by atoms with E-state index >= 15 is 0 Å². The van der Waals surface area contributed by atoms with Crippen LogP contribution in [0.3, 0.4) is 0 Å². The molecule has 1 amide bonds. The van der Waals surface area contributed by atoms with E-state index in [2.05, 4.69) is 15.3 Å². The van der Waals surface area contributed by atoms with Crippen LogP contribution in [0, 0.1) is 5.82 Å². The average molecular weight is 450 g/mol. The van der Waals surface area contributed by atoms with Crippen molar-refractivity contribution in [3.63, 3.8) is 0 Å². The molecule has 0 bridgehead atoms. The molecule has 0 fully saturated rings. The maximum absolute atomic E-state index is 13.0. The summed E-state index contributed by atoms with van der Waals surface area (Å²) in [5.74, 6) is -0.820. The van der Waals surface area contributed by atoms with Gasteiger partial charge in [0, 0.05) is 28.8 Å². The maximum Gasteiger partial charge on any atom is 0.274 e. The van der Waals surface area contributed by atoms with Gasteiger partial charge < -0.3 is 15.4 Å². The molecule has 0 atom stereocenters. The van der Waals surface area contributed by atoms with Crippen LogP contribution in [0.4, 0.5) is 4.39 Å². The zero-order valence-corrected chi connectivity index (χ0v) is 17.4. The third-order valence-corrected chi connectivity index (χ3v) is 5.01. The van der Waals surface area contributed by atoms with Gasteiger partial charge in [-0.25, -0.2) is 9.37 Å². The number of nitrogens with zero attached hydrogens (tertiary/aromatic N) is 1. The largest absolute Gasteiger partial charge is 0.507 e. The quantitative estimate of drug-likeness (QED) is 0.385. The first-order valence-electron chi connectivity index (χ1n) is 9.62. The van der Waals surface area contributed by atoms with Crippen LogP contribution in [-0.4, -0.2) is 21.0 Å². The number of nitrogens with one attached hydrogen (secondary N) is 2. The highest BCUT2D eigenvalue weighted by Gasteiger charge is 2.10. The molecule has 0 unspecified atom stereocenters. The summed E-state index contributed by atoms with van der Waals surface area (Å²) in [6.45, 7) is 0.236. The van der Waals surface area contributed by atoms with Crippen molar-refractivity contribution in [2.45, 2.75) is 6.54 Å². The zero-order valence-electron chi connectivity index (χ0n) is 16.6. The van der Waals surface area contributed by atoms with Crippen molar-refractivity contribution in [3.8, 4) is 0 Å². The standard InChI is InChI=1S/C24H17ClFN3O3/c25-17-6-3-15(4-7-17)22(30)12-21-24(32)29-20-11-16(5-10-19(20)28-21)23(31)27-13-14-1-8-18(26)9-2-14/h1-12,30H,13H2,(H,27,31)(H,29,32). The topological polar surface area (TPSA) is 95.1 Å². The van der Waals surface area contributed by atoms with Crippen LogP contribution < -0.4 is 10.9 Å². The van der Waals surface area contributed by atoms with E-state index in [9.17, 15) is 19.1 Å². The number of H-pyrrole nitrogens is 1. The second-order valence-electron chi connectivity index (χ2n) is 7.03. The highest BCUT2D eigenvalue weighted by atomic mass is 35.5. The molecule has 0 aliphatic heterocycles. The van der Waals surface area contributed by atoms with E-state index in [1.165, 1.54) is 24.3 Å². The summed E-state index contributed by atoms with van der Waals surface area (Å²) in [6.07, 6.45) is 1.27. The molecule has 6 nitrogen and oxygen atoms in total. The predicted octanol–water partition coefficient (Wildman–Crippen LogP) is 4.70. The maximum atomic E-state index is 13.0. The molecule has 8 heteroatoms. The zero-order chi connectivity index (χ0) is 22.7. The molecular formula is C24H17ClFN3O3. The first-order chi connectivity index (χ1) is 15.4. The van der Waals surface area contributed by atoms with Gasteiger partial charge in [-0.1, -0.05) is 23.7 Å². The van der Waals surface area contributed by atoms with Crippen molar-refractivity contribution in [1.29, 1.82) is 0 Å². The number of fused-ring (bicyclic) bond motifs is 1. The number of rotatable bonds is 5. The Morgan fingerprint density at radius 3 is 2.47 bits per heavy atom. The average Bonchev–Trinajstić information content (AvgIpc) is 2.79. The number of aliphatic hydroxyl groups is 1. The van der Waals surface area contributed by atoms with Gasteiger partial charge in [-0.2, -0.15) is 0 Å². The molecule has 0 saturated carbocycles. The Balaban J connectivity index is 1.55. The predicted molar refractivity (Wildman–Crippen MR) is 122 cm³/mol. The van der Waals surface area contributed by atoms with E-state index in [0.29, 0.717) is 27.2 Å². The van der Waals surface area contributed by atoms with Crippen molar-refractivity contribution >= 4 is 40.4 Å². The first kappa shape index (κ1) is 21.3. The van der Waals surface area contributed by atoms with Crippen LogP contribution in [0.2, 0.25) is 5.02 Å². The molecule has 4 rings (SSSR count). The molecule has 3 N–H and O–H groups in total. The Morgan fingerprint density at radius 1 is 1.06 bits per heavy atom. The smallest absolute Gasteiger partial charge is 0.274 e. The Labute approximate surface area is 187 Å². The second kappa shape index (κ2) is 9.03. The Bertz CT molecular complexity index is 1380. The third-order valence-electron chi connectivity index (χ3n) is 4.76. The van der Waals surface area contributed by atoms with Gasteiger partial charge in [0.15, 0.2) is 0 Å². The molecule has 0 radical (unpaired) electrons. The van der Waals surface area contributed by atoms with Crippen molar-refractivity contribution in [2.75, 3.05) is 0 Å². The molecule has 0 spiro atoms. The highest BCUT2D eigenvalue weighted by Crippen LogP contribution is 2.18. The minimum absolute atomic E-state index is 0.0264. The lowest BCUT2D eigenvalue weighted by atomic mass is 10.1. The van der Waals surface area contributed by atoms with E-state index in [-0.39, 0.29) is 29.7 Å². The number of aromatic nitrogens is 2. The fraction of sp³-hybridized carbons (Fsp3) is 0.0417. The molecule has 3 aromatic carbocycles. The van der Waals surface area contributed by atoms with Crippen LogP contribution in [0.15, 0.2) is 71.5 Å². The summed E-state index contributed by atoms with van der Waals surface area (Å²) in [5, 5.41) is 13.6. The van der Waals surface area contributed by atoms with E-state index in [1.54, 1.807) is 48.5 Å². The number of halogens is 2. The summed E-state index contributed by atoms with van der Waals surface area (Å²) in [7, 11) is 0. The molecule has 0 aliphatic carbocycles. The van der Waals surface area contributed by atoms with Gasteiger partial charge in [-0.3, -0.25) is 9.59 Å². The summed E-state index contributed by atoms with van der Waals surface area (Å²) >= 11 is 5.85. The van der Waals surface area contributed by atoms with Crippen LogP contribution >= 0.6 is 11.6 Å². The molecule has 1 heterocycles. The van der Waals surface area contributed by atoms with Crippen LogP contribution in [-0.2, 0) is 6.54 Å². The molecule has 4 aromatic rings. The molecule has 160 valence electrons. The fourth-order valence-corrected chi connectivity index (χ4v) is 3.19. The van der Waals surface area contributed by atoms with Gasteiger partial charge >= 0.3 is 0 Å². The monoisotopic (exact) mass is 449 g/mol. The Hall–Kier alpha value is -3.97. The van der Waals surface area contributed by atoms with E-state index in [1.807, 2.05) is 0 Å². The van der Waals surface area contributed by atoms with Gasteiger partial charge in [0.1, 0.15) is 17.3 Å². The number of carbonyl (C=O) groups excluding carboxylic acids is 1. The summed E-state index contributed by atoms with van der Waals surface area (Å²) in [5.41, 5.74) is 1.93.